The Kier molecular flexibility index (Phi) is 4.75. The van der Waals surface area contributed by atoms with Crippen LogP contribution in [0.4, 0.5) is 5.69 Å². The first-order valence-corrected chi connectivity index (χ1v) is 8.03. The van der Waals surface area contributed by atoms with Crippen LogP contribution < -0.4 is 15.8 Å². The molecule has 26 heavy (non-hydrogen) atoms. The first-order valence-electron chi connectivity index (χ1n) is 8.03. The molecular weight excluding hydrogens is 330 g/mol. The number of methoxy groups -OCH3 is 1. The van der Waals surface area contributed by atoms with Crippen LogP contribution in [-0.4, -0.2) is 23.5 Å². The largest absolute Gasteiger partial charge is 0.495 e. The summed E-state index contributed by atoms with van der Waals surface area (Å²) in [4.78, 5) is 24.1. The van der Waals surface area contributed by atoms with E-state index in [2.05, 4.69) is 5.32 Å². The van der Waals surface area contributed by atoms with Crippen LogP contribution >= 0.6 is 0 Å². The van der Waals surface area contributed by atoms with Gasteiger partial charge in [0.1, 0.15) is 5.75 Å². The summed E-state index contributed by atoms with van der Waals surface area (Å²) in [5, 5.41) is 2.79. The molecule has 3 aromatic rings. The highest BCUT2D eigenvalue weighted by atomic mass is 16.5. The first kappa shape index (κ1) is 17.3. The SMILES string of the molecule is COc1ccc(C(N)=O)cc1NC(=O)c1ccc(-n2cccc2)cc1C. The molecule has 132 valence electrons. The van der Waals surface area contributed by atoms with E-state index >= 15 is 0 Å². The van der Waals surface area contributed by atoms with Crippen LogP contribution in [0.5, 0.6) is 5.75 Å². The van der Waals surface area contributed by atoms with Crippen LogP contribution in [0.1, 0.15) is 26.3 Å². The Labute approximate surface area is 151 Å². The minimum absolute atomic E-state index is 0.290. The number of carbonyl (C=O) groups excluding carboxylic acids is 2. The molecule has 0 aliphatic carbocycles. The minimum atomic E-state index is -0.574. The number of carbonyl (C=O) groups is 2. The van der Waals surface area contributed by atoms with Gasteiger partial charge in [-0.2, -0.15) is 0 Å². The van der Waals surface area contributed by atoms with Crippen molar-refractivity contribution in [2.45, 2.75) is 6.92 Å². The predicted octanol–water partition coefficient (Wildman–Crippen LogP) is 3.15. The number of rotatable bonds is 5. The number of hydrogen-bond donors (Lipinski definition) is 2. The zero-order valence-corrected chi connectivity index (χ0v) is 14.5. The van der Waals surface area contributed by atoms with Gasteiger partial charge >= 0.3 is 0 Å². The zero-order valence-electron chi connectivity index (χ0n) is 14.5. The van der Waals surface area contributed by atoms with E-state index in [1.165, 1.54) is 13.2 Å². The zero-order chi connectivity index (χ0) is 18.7. The standard InChI is InChI=1S/C20H19N3O3/c1-13-11-15(23-9-3-4-10-23)6-7-16(13)20(25)22-17-12-14(19(21)24)5-8-18(17)26-2/h3-12H,1-2H3,(H2,21,24)(H,22,25). The fraction of sp³-hybridized carbons (Fsp3) is 0.100. The number of nitrogens with two attached hydrogens (primary N) is 1. The van der Waals surface area contributed by atoms with Crippen molar-refractivity contribution in [3.8, 4) is 11.4 Å². The number of primary amides is 1. The maximum Gasteiger partial charge on any atom is 0.256 e. The summed E-state index contributed by atoms with van der Waals surface area (Å²) in [6, 6.07) is 14.1. The second kappa shape index (κ2) is 7.14. The molecule has 2 aromatic carbocycles. The highest BCUT2D eigenvalue weighted by Crippen LogP contribution is 2.26. The summed E-state index contributed by atoms with van der Waals surface area (Å²) in [5.41, 5.74) is 8.33. The van der Waals surface area contributed by atoms with Crippen LogP contribution in [0.3, 0.4) is 0 Å². The van der Waals surface area contributed by atoms with E-state index in [4.69, 9.17) is 10.5 Å². The Bertz CT molecular complexity index is 962. The molecule has 0 unspecified atom stereocenters. The van der Waals surface area contributed by atoms with E-state index in [9.17, 15) is 9.59 Å². The van der Waals surface area contributed by atoms with Gasteiger partial charge in [0.25, 0.3) is 5.91 Å². The van der Waals surface area contributed by atoms with Crippen molar-refractivity contribution in [3.63, 3.8) is 0 Å². The lowest BCUT2D eigenvalue weighted by Crippen LogP contribution is -2.16. The van der Waals surface area contributed by atoms with Gasteiger partial charge in [-0.3, -0.25) is 9.59 Å². The lowest BCUT2D eigenvalue weighted by atomic mass is 10.1. The van der Waals surface area contributed by atoms with Crippen LogP contribution in [-0.2, 0) is 0 Å². The molecule has 0 atom stereocenters. The molecular formula is C20H19N3O3. The second-order valence-electron chi connectivity index (χ2n) is 5.82. The smallest absolute Gasteiger partial charge is 0.256 e. The average molecular weight is 349 g/mol. The predicted molar refractivity (Wildman–Crippen MR) is 100.0 cm³/mol. The number of ether oxygens (including phenoxy) is 1. The van der Waals surface area contributed by atoms with Gasteiger partial charge < -0.3 is 20.4 Å². The Balaban J connectivity index is 1.89. The van der Waals surface area contributed by atoms with Gasteiger partial charge in [0, 0.05) is 29.2 Å². The van der Waals surface area contributed by atoms with E-state index in [0.717, 1.165) is 11.3 Å². The molecule has 0 fully saturated rings. The molecule has 0 bridgehead atoms. The van der Waals surface area contributed by atoms with Gasteiger partial charge in [-0.1, -0.05) is 0 Å². The molecule has 3 rings (SSSR count). The van der Waals surface area contributed by atoms with Crippen molar-refractivity contribution >= 4 is 17.5 Å². The molecule has 0 saturated carbocycles. The third-order valence-corrected chi connectivity index (χ3v) is 4.09. The van der Waals surface area contributed by atoms with Gasteiger partial charge in [0.05, 0.1) is 12.8 Å². The van der Waals surface area contributed by atoms with Crippen molar-refractivity contribution in [1.82, 2.24) is 4.57 Å². The topological polar surface area (TPSA) is 86.3 Å². The van der Waals surface area contributed by atoms with E-state index in [1.807, 2.05) is 48.1 Å². The van der Waals surface area contributed by atoms with Crippen LogP contribution in [0.15, 0.2) is 60.9 Å². The quantitative estimate of drug-likeness (QED) is 0.742. The number of nitrogens with one attached hydrogen (secondary N) is 1. The lowest BCUT2D eigenvalue weighted by molar-refractivity contribution is 0.0996. The van der Waals surface area contributed by atoms with Crippen molar-refractivity contribution in [2.24, 2.45) is 5.73 Å². The Morgan fingerprint density at radius 3 is 2.42 bits per heavy atom. The van der Waals surface area contributed by atoms with Gasteiger partial charge in [-0.05, 0) is 61.0 Å². The first-order chi connectivity index (χ1) is 12.5. The minimum Gasteiger partial charge on any atom is -0.495 e. The third-order valence-electron chi connectivity index (χ3n) is 4.09. The number of hydrogen-bond acceptors (Lipinski definition) is 3. The molecule has 0 saturated heterocycles. The average Bonchev–Trinajstić information content (AvgIpc) is 3.16. The molecule has 2 amide bonds. The molecule has 0 spiro atoms. The molecule has 1 heterocycles. The van der Waals surface area contributed by atoms with E-state index in [0.29, 0.717) is 22.6 Å². The summed E-state index contributed by atoms with van der Waals surface area (Å²) in [7, 11) is 1.49. The van der Waals surface area contributed by atoms with Crippen molar-refractivity contribution < 1.29 is 14.3 Å². The van der Waals surface area contributed by atoms with Crippen molar-refractivity contribution in [3.05, 3.63) is 77.6 Å². The fourth-order valence-electron chi connectivity index (χ4n) is 2.72. The maximum absolute atomic E-state index is 12.7. The van der Waals surface area contributed by atoms with Gasteiger partial charge in [-0.15, -0.1) is 0 Å². The second-order valence-corrected chi connectivity index (χ2v) is 5.82. The number of nitrogens with zero attached hydrogens (tertiary/aromatic N) is 1. The van der Waals surface area contributed by atoms with Crippen LogP contribution in [0, 0.1) is 6.92 Å². The monoisotopic (exact) mass is 349 g/mol. The Morgan fingerprint density at radius 1 is 1.08 bits per heavy atom. The Hall–Kier alpha value is -3.54. The van der Waals surface area contributed by atoms with Gasteiger partial charge in [0.2, 0.25) is 5.91 Å². The molecule has 1 aromatic heterocycles. The van der Waals surface area contributed by atoms with Crippen LogP contribution in [0.25, 0.3) is 5.69 Å². The molecule has 6 heteroatoms. The summed E-state index contributed by atoms with van der Waals surface area (Å²) in [6.07, 6.45) is 3.88. The number of aromatic nitrogens is 1. The van der Waals surface area contributed by atoms with E-state index in [1.54, 1.807) is 18.2 Å². The summed E-state index contributed by atoms with van der Waals surface area (Å²) in [5.74, 6) is -0.415. The fourth-order valence-corrected chi connectivity index (χ4v) is 2.72. The third kappa shape index (κ3) is 3.44. The van der Waals surface area contributed by atoms with E-state index in [-0.39, 0.29) is 5.91 Å². The van der Waals surface area contributed by atoms with Crippen molar-refractivity contribution in [2.75, 3.05) is 12.4 Å². The number of benzene rings is 2. The molecule has 0 radical (unpaired) electrons. The molecule has 0 aliphatic rings. The normalized spacial score (nSPS) is 10.4. The summed E-state index contributed by atoms with van der Waals surface area (Å²) in [6.45, 7) is 1.87. The maximum atomic E-state index is 12.7. The molecule has 0 aliphatic heterocycles. The number of amides is 2. The highest BCUT2D eigenvalue weighted by Gasteiger charge is 2.14. The highest BCUT2D eigenvalue weighted by molar-refractivity contribution is 6.07. The van der Waals surface area contributed by atoms with Crippen LogP contribution in [0.2, 0.25) is 0 Å². The lowest BCUT2D eigenvalue weighted by Gasteiger charge is -2.13. The summed E-state index contributed by atoms with van der Waals surface area (Å²) >= 11 is 0. The van der Waals surface area contributed by atoms with Crippen molar-refractivity contribution in [1.29, 1.82) is 0 Å². The number of aryl methyl sites for hydroxylation is 1. The summed E-state index contributed by atoms with van der Waals surface area (Å²) < 4.78 is 7.21. The van der Waals surface area contributed by atoms with Gasteiger partial charge in [-0.25, -0.2) is 0 Å². The molecule has 6 nitrogen and oxygen atoms in total. The number of anilines is 1. The Morgan fingerprint density at radius 2 is 1.81 bits per heavy atom. The molecule has 3 N–H and O–H groups in total. The van der Waals surface area contributed by atoms with Gasteiger partial charge in [0.15, 0.2) is 0 Å². The van der Waals surface area contributed by atoms with E-state index < -0.39 is 5.91 Å².